The fourth-order valence-electron chi connectivity index (χ4n) is 3.54. The van der Waals surface area contributed by atoms with Crippen molar-refractivity contribution >= 4 is 22.8 Å². The average molecular weight is 344 g/mol. The third kappa shape index (κ3) is 3.39. The molecule has 2 unspecified atom stereocenters. The molecule has 1 aromatic heterocycles. The van der Waals surface area contributed by atoms with Crippen LogP contribution in [0, 0.1) is 5.92 Å². The lowest BCUT2D eigenvalue weighted by Gasteiger charge is -2.36. The summed E-state index contributed by atoms with van der Waals surface area (Å²) in [4.78, 5) is 26.2. The van der Waals surface area contributed by atoms with Crippen LogP contribution in [0.15, 0.2) is 30.5 Å². The minimum absolute atomic E-state index is 0.0455. The molecule has 6 nitrogen and oxygen atoms in total. The zero-order valence-electron chi connectivity index (χ0n) is 14.6. The molecule has 2 heterocycles. The number of ether oxygens (including phenoxy) is 1. The quantitative estimate of drug-likeness (QED) is 0.905. The van der Waals surface area contributed by atoms with E-state index < -0.39 is 11.9 Å². The molecule has 1 aliphatic rings. The van der Waals surface area contributed by atoms with Gasteiger partial charge in [0, 0.05) is 43.3 Å². The molecule has 1 aliphatic heterocycles. The summed E-state index contributed by atoms with van der Waals surface area (Å²) < 4.78 is 7.18. The average Bonchev–Trinajstić information content (AvgIpc) is 2.98. The molecule has 1 saturated heterocycles. The number of likely N-dealkylation sites (tertiary alicyclic amines) is 1. The number of amides is 1. The Hall–Kier alpha value is -2.34. The van der Waals surface area contributed by atoms with Crippen LogP contribution in [0.25, 0.3) is 10.9 Å². The first-order chi connectivity index (χ1) is 12.0. The Morgan fingerprint density at radius 1 is 1.28 bits per heavy atom. The monoisotopic (exact) mass is 344 g/mol. The van der Waals surface area contributed by atoms with E-state index in [1.54, 1.807) is 12.0 Å². The van der Waals surface area contributed by atoms with Gasteiger partial charge in [-0.2, -0.15) is 0 Å². The number of para-hydroxylation sites is 1. The summed E-state index contributed by atoms with van der Waals surface area (Å²) in [5, 5.41) is 10.2. The lowest BCUT2D eigenvalue weighted by atomic mass is 9.93. The first-order valence-corrected chi connectivity index (χ1v) is 8.63. The van der Waals surface area contributed by atoms with E-state index in [0.717, 1.165) is 10.9 Å². The molecule has 3 rings (SSSR count). The van der Waals surface area contributed by atoms with Gasteiger partial charge in [-0.05, 0) is 25.8 Å². The van der Waals surface area contributed by atoms with Crippen molar-refractivity contribution < 1.29 is 19.4 Å². The number of carbonyl (C=O) groups excluding carboxylic acids is 1. The predicted molar refractivity (Wildman–Crippen MR) is 94.7 cm³/mol. The number of aromatic nitrogens is 1. The van der Waals surface area contributed by atoms with Crippen LogP contribution >= 0.6 is 0 Å². The highest BCUT2D eigenvalue weighted by atomic mass is 16.5. The molecule has 0 aliphatic carbocycles. The van der Waals surface area contributed by atoms with E-state index >= 15 is 0 Å². The van der Waals surface area contributed by atoms with Crippen molar-refractivity contribution in [1.82, 2.24) is 9.47 Å². The van der Waals surface area contributed by atoms with Crippen LogP contribution in [0.5, 0.6) is 0 Å². The third-order valence-corrected chi connectivity index (χ3v) is 5.05. The molecular weight excluding hydrogens is 320 g/mol. The number of hydrogen-bond acceptors (Lipinski definition) is 3. The molecule has 1 fully saturated rings. The van der Waals surface area contributed by atoms with Crippen molar-refractivity contribution in [1.29, 1.82) is 0 Å². The normalized spacial score (nSPS) is 20.8. The van der Waals surface area contributed by atoms with Crippen LogP contribution in [0.2, 0.25) is 0 Å². The summed E-state index contributed by atoms with van der Waals surface area (Å²) in [7, 11) is 1.65. The SMILES string of the molecule is COCCn1cc(C(=O)N2CC(C(=O)O)CCC2C)c2ccccc21. The second kappa shape index (κ2) is 7.27. The first-order valence-electron chi connectivity index (χ1n) is 8.63. The first kappa shape index (κ1) is 17.5. The second-order valence-electron chi connectivity index (χ2n) is 6.67. The largest absolute Gasteiger partial charge is 0.481 e. The number of methoxy groups -OCH3 is 1. The van der Waals surface area contributed by atoms with Crippen molar-refractivity contribution in [3.8, 4) is 0 Å². The molecular formula is C19H24N2O4. The number of carboxylic acid groups (broad SMARTS) is 1. The Bertz CT molecular complexity index is 783. The van der Waals surface area contributed by atoms with Gasteiger partial charge in [-0.1, -0.05) is 18.2 Å². The minimum atomic E-state index is -0.827. The van der Waals surface area contributed by atoms with Crippen molar-refractivity contribution in [2.24, 2.45) is 5.92 Å². The van der Waals surface area contributed by atoms with Crippen molar-refractivity contribution in [3.05, 3.63) is 36.0 Å². The summed E-state index contributed by atoms with van der Waals surface area (Å²) >= 11 is 0. The van der Waals surface area contributed by atoms with Gasteiger partial charge in [0.15, 0.2) is 0 Å². The van der Waals surface area contributed by atoms with E-state index in [1.807, 2.05) is 42.0 Å². The van der Waals surface area contributed by atoms with Gasteiger partial charge < -0.3 is 19.3 Å². The van der Waals surface area contributed by atoms with Gasteiger partial charge in [0.05, 0.1) is 18.1 Å². The topological polar surface area (TPSA) is 71.8 Å². The van der Waals surface area contributed by atoms with Gasteiger partial charge in [-0.3, -0.25) is 9.59 Å². The zero-order chi connectivity index (χ0) is 18.0. The Kier molecular flexibility index (Phi) is 5.08. The number of fused-ring (bicyclic) bond motifs is 1. The third-order valence-electron chi connectivity index (χ3n) is 5.05. The maximum absolute atomic E-state index is 13.2. The summed E-state index contributed by atoms with van der Waals surface area (Å²) in [5.41, 5.74) is 1.62. The van der Waals surface area contributed by atoms with Crippen LogP contribution in [-0.2, 0) is 16.1 Å². The second-order valence-corrected chi connectivity index (χ2v) is 6.67. The molecule has 0 radical (unpaired) electrons. The van der Waals surface area contributed by atoms with Crippen molar-refractivity contribution in [2.75, 3.05) is 20.3 Å². The molecule has 1 amide bonds. The van der Waals surface area contributed by atoms with E-state index in [2.05, 4.69) is 0 Å². The molecule has 134 valence electrons. The van der Waals surface area contributed by atoms with Crippen LogP contribution in [0.1, 0.15) is 30.1 Å². The Morgan fingerprint density at radius 2 is 2.04 bits per heavy atom. The minimum Gasteiger partial charge on any atom is -0.481 e. The van der Waals surface area contributed by atoms with Gasteiger partial charge in [0.25, 0.3) is 5.91 Å². The van der Waals surface area contributed by atoms with Crippen LogP contribution < -0.4 is 0 Å². The Morgan fingerprint density at radius 3 is 2.76 bits per heavy atom. The molecule has 1 aromatic carbocycles. The van der Waals surface area contributed by atoms with Gasteiger partial charge in [-0.15, -0.1) is 0 Å². The van der Waals surface area contributed by atoms with Crippen molar-refractivity contribution in [3.63, 3.8) is 0 Å². The van der Waals surface area contributed by atoms with Crippen molar-refractivity contribution in [2.45, 2.75) is 32.4 Å². The number of carboxylic acids is 1. The Balaban J connectivity index is 1.94. The lowest BCUT2D eigenvalue weighted by molar-refractivity contribution is -0.143. The van der Waals surface area contributed by atoms with Crippen LogP contribution in [0.4, 0.5) is 0 Å². The molecule has 2 atom stereocenters. The molecule has 6 heteroatoms. The number of piperidine rings is 1. The number of hydrogen-bond donors (Lipinski definition) is 1. The molecule has 0 bridgehead atoms. The van der Waals surface area contributed by atoms with E-state index in [0.29, 0.717) is 31.6 Å². The van der Waals surface area contributed by atoms with Gasteiger partial charge in [0.1, 0.15) is 0 Å². The van der Waals surface area contributed by atoms with Gasteiger partial charge in [0.2, 0.25) is 0 Å². The molecule has 0 spiro atoms. The van der Waals surface area contributed by atoms with Crippen LogP contribution in [0.3, 0.4) is 0 Å². The van der Waals surface area contributed by atoms with Crippen LogP contribution in [-0.4, -0.2) is 52.8 Å². The number of rotatable bonds is 5. The highest BCUT2D eigenvalue weighted by Gasteiger charge is 2.33. The number of benzene rings is 1. The highest BCUT2D eigenvalue weighted by Crippen LogP contribution is 2.28. The molecule has 25 heavy (non-hydrogen) atoms. The van der Waals surface area contributed by atoms with E-state index in [1.165, 1.54) is 0 Å². The number of aliphatic carboxylic acids is 1. The van der Waals surface area contributed by atoms with E-state index in [4.69, 9.17) is 4.74 Å². The summed E-state index contributed by atoms with van der Waals surface area (Å²) in [6.45, 7) is 3.48. The fourth-order valence-corrected chi connectivity index (χ4v) is 3.54. The standard InChI is InChI=1S/C19H24N2O4/c1-13-7-8-14(19(23)24)11-21(13)18(22)16-12-20(9-10-25-2)17-6-4-3-5-15(16)17/h3-6,12-14H,7-11H2,1-2H3,(H,23,24). The van der Waals surface area contributed by atoms with Gasteiger partial charge >= 0.3 is 5.97 Å². The summed E-state index contributed by atoms with van der Waals surface area (Å²) in [5.74, 6) is -1.40. The summed E-state index contributed by atoms with van der Waals surface area (Å²) in [6, 6.07) is 7.84. The van der Waals surface area contributed by atoms with E-state index in [-0.39, 0.29) is 18.5 Å². The molecule has 0 saturated carbocycles. The summed E-state index contributed by atoms with van der Waals surface area (Å²) in [6.07, 6.45) is 3.20. The van der Waals surface area contributed by atoms with Gasteiger partial charge in [-0.25, -0.2) is 0 Å². The zero-order valence-corrected chi connectivity index (χ0v) is 14.6. The predicted octanol–water partition coefficient (Wildman–Crippen LogP) is 2.61. The fraction of sp³-hybridized carbons (Fsp3) is 0.474. The molecule has 2 aromatic rings. The lowest BCUT2D eigenvalue weighted by Crippen LogP contribution is -2.47. The Labute approximate surface area is 147 Å². The maximum atomic E-state index is 13.2. The highest BCUT2D eigenvalue weighted by molar-refractivity contribution is 6.07. The maximum Gasteiger partial charge on any atom is 0.308 e. The smallest absolute Gasteiger partial charge is 0.308 e. The number of nitrogens with zero attached hydrogens (tertiary/aromatic N) is 2. The number of carbonyl (C=O) groups is 2. The van der Waals surface area contributed by atoms with E-state index in [9.17, 15) is 14.7 Å². The molecule has 1 N–H and O–H groups in total.